The van der Waals surface area contributed by atoms with Gasteiger partial charge < -0.3 is 19.3 Å². The third-order valence-corrected chi connectivity index (χ3v) is 5.83. The Labute approximate surface area is 166 Å². The third-order valence-electron chi connectivity index (χ3n) is 5.83. The van der Waals surface area contributed by atoms with Crippen LogP contribution >= 0.6 is 12.4 Å². The smallest absolute Gasteiger partial charge is 0.165 e. The predicted octanol–water partition coefficient (Wildman–Crippen LogP) is 4.06. The van der Waals surface area contributed by atoms with Crippen molar-refractivity contribution in [3.63, 3.8) is 0 Å². The first-order valence-corrected chi connectivity index (χ1v) is 8.96. The van der Waals surface area contributed by atoms with Crippen LogP contribution in [0.4, 0.5) is 0 Å². The van der Waals surface area contributed by atoms with Crippen molar-refractivity contribution < 1.29 is 19.3 Å². The van der Waals surface area contributed by atoms with Gasteiger partial charge in [-0.3, -0.25) is 4.90 Å². The highest BCUT2D eigenvalue weighted by atomic mass is 35.5. The summed E-state index contributed by atoms with van der Waals surface area (Å²) >= 11 is 0. The maximum Gasteiger partial charge on any atom is 0.165 e. The van der Waals surface area contributed by atoms with Crippen LogP contribution in [-0.2, 0) is 13.0 Å². The van der Waals surface area contributed by atoms with Gasteiger partial charge in [0.1, 0.15) is 0 Å². The molecule has 0 saturated carbocycles. The number of phenols is 1. The number of ether oxygens (including phenoxy) is 3. The molecule has 2 aliphatic heterocycles. The SMILES string of the molecule is COc1cc2c(cc1O)CCN1Cc3c(ccc(OC)c3OC)[C@H](C)[C@H]21.Cl. The van der Waals surface area contributed by atoms with E-state index in [1.807, 2.05) is 18.2 Å². The number of nitrogens with zero attached hydrogens (tertiary/aromatic N) is 1. The summed E-state index contributed by atoms with van der Waals surface area (Å²) in [7, 11) is 4.97. The van der Waals surface area contributed by atoms with Crippen molar-refractivity contribution in [1.29, 1.82) is 0 Å². The van der Waals surface area contributed by atoms with Crippen LogP contribution in [-0.4, -0.2) is 37.9 Å². The first-order chi connectivity index (χ1) is 12.6. The van der Waals surface area contributed by atoms with Crippen LogP contribution in [0.25, 0.3) is 0 Å². The first kappa shape index (κ1) is 19.6. The number of fused-ring (bicyclic) bond motifs is 4. The molecule has 0 aromatic heterocycles. The summed E-state index contributed by atoms with van der Waals surface area (Å²) in [6.45, 7) is 4.04. The van der Waals surface area contributed by atoms with Crippen molar-refractivity contribution in [3.05, 3.63) is 46.5 Å². The van der Waals surface area contributed by atoms with Gasteiger partial charge in [0.2, 0.25) is 0 Å². The molecule has 2 aromatic carbocycles. The molecule has 1 N–H and O–H groups in total. The van der Waals surface area contributed by atoms with Crippen molar-refractivity contribution in [2.45, 2.75) is 31.8 Å². The minimum Gasteiger partial charge on any atom is -0.504 e. The normalized spacial score (nSPS) is 20.6. The van der Waals surface area contributed by atoms with Crippen LogP contribution in [0.15, 0.2) is 24.3 Å². The summed E-state index contributed by atoms with van der Waals surface area (Å²) in [5.74, 6) is 2.67. The lowest BCUT2D eigenvalue weighted by molar-refractivity contribution is 0.136. The number of hydrogen-bond donors (Lipinski definition) is 1. The molecule has 2 atom stereocenters. The molecule has 0 spiro atoms. The second-order valence-corrected chi connectivity index (χ2v) is 7.05. The Balaban J connectivity index is 0.00000210. The minimum absolute atomic E-state index is 0. The molecule has 2 heterocycles. The number of rotatable bonds is 3. The zero-order valence-electron chi connectivity index (χ0n) is 16.1. The quantitative estimate of drug-likeness (QED) is 0.855. The molecular weight excluding hydrogens is 366 g/mol. The van der Waals surface area contributed by atoms with Crippen LogP contribution in [0.2, 0.25) is 0 Å². The van der Waals surface area contributed by atoms with Gasteiger partial charge >= 0.3 is 0 Å². The van der Waals surface area contributed by atoms with Crippen molar-refractivity contribution in [1.82, 2.24) is 4.90 Å². The van der Waals surface area contributed by atoms with Crippen LogP contribution in [0.5, 0.6) is 23.0 Å². The van der Waals surface area contributed by atoms with Crippen LogP contribution < -0.4 is 14.2 Å². The second kappa shape index (κ2) is 7.49. The maximum absolute atomic E-state index is 10.1. The van der Waals surface area contributed by atoms with Gasteiger partial charge in [0, 0.05) is 30.6 Å². The molecule has 146 valence electrons. The highest BCUT2D eigenvalue weighted by Gasteiger charge is 2.39. The zero-order valence-corrected chi connectivity index (χ0v) is 16.9. The molecule has 0 unspecified atom stereocenters. The van der Waals surface area contributed by atoms with Gasteiger partial charge in [0.05, 0.1) is 21.3 Å². The molecular formula is C21H26ClNO4. The molecule has 6 heteroatoms. The van der Waals surface area contributed by atoms with Crippen molar-refractivity contribution in [3.8, 4) is 23.0 Å². The minimum atomic E-state index is 0. The Bertz CT molecular complexity index is 855. The Morgan fingerprint density at radius 2 is 1.74 bits per heavy atom. The van der Waals surface area contributed by atoms with Gasteiger partial charge in [-0.05, 0) is 41.3 Å². The molecule has 0 amide bonds. The second-order valence-electron chi connectivity index (χ2n) is 7.05. The van der Waals surface area contributed by atoms with E-state index < -0.39 is 0 Å². The fourth-order valence-corrected chi connectivity index (χ4v) is 4.61. The van der Waals surface area contributed by atoms with E-state index in [4.69, 9.17) is 14.2 Å². The third kappa shape index (κ3) is 2.99. The number of hydrogen-bond acceptors (Lipinski definition) is 5. The van der Waals surface area contributed by atoms with E-state index in [1.54, 1.807) is 21.3 Å². The Morgan fingerprint density at radius 3 is 2.41 bits per heavy atom. The number of methoxy groups -OCH3 is 3. The molecule has 4 rings (SSSR count). The van der Waals surface area contributed by atoms with Gasteiger partial charge in [0.15, 0.2) is 23.0 Å². The molecule has 0 aliphatic carbocycles. The van der Waals surface area contributed by atoms with Crippen molar-refractivity contribution in [2.24, 2.45) is 0 Å². The van der Waals surface area contributed by atoms with E-state index in [-0.39, 0.29) is 24.2 Å². The number of aromatic hydroxyl groups is 1. The fraction of sp³-hybridized carbons (Fsp3) is 0.429. The van der Waals surface area contributed by atoms with E-state index in [1.165, 1.54) is 22.3 Å². The number of halogens is 1. The lowest BCUT2D eigenvalue weighted by Gasteiger charge is -2.45. The summed E-state index contributed by atoms with van der Waals surface area (Å²) in [4.78, 5) is 2.49. The van der Waals surface area contributed by atoms with E-state index in [2.05, 4.69) is 17.9 Å². The number of phenolic OH excluding ortho intramolecular Hbond substituents is 1. The highest BCUT2D eigenvalue weighted by molar-refractivity contribution is 5.85. The maximum atomic E-state index is 10.1. The lowest BCUT2D eigenvalue weighted by Crippen LogP contribution is -2.41. The summed E-state index contributed by atoms with van der Waals surface area (Å²) in [5, 5.41) is 10.1. The average molecular weight is 392 g/mol. The summed E-state index contributed by atoms with van der Waals surface area (Å²) in [6.07, 6.45) is 0.914. The Kier molecular flexibility index (Phi) is 5.45. The van der Waals surface area contributed by atoms with E-state index in [0.717, 1.165) is 31.0 Å². The molecule has 0 bridgehead atoms. The van der Waals surface area contributed by atoms with Crippen LogP contribution in [0.3, 0.4) is 0 Å². The fourth-order valence-electron chi connectivity index (χ4n) is 4.61. The largest absolute Gasteiger partial charge is 0.504 e. The molecule has 2 aromatic rings. The Morgan fingerprint density at radius 1 is 1.00 bits per heavy atom. The summed E-state index contributed by atoms with van der Waals surface area (Å²) in [5.41, 5.74) is 4.97. The molecule has 0 fully saturated rings. The molecule has 0 saturated heterocycles. The van der Waals surface area contributed by atoms with Crippen molar-refractivity contribution in [2.75, 3.05) is 27.9 Å². The average Bonchev–Trinajstić information content (AvgIpc) is 2.66. The summed E-state index contributed by atoms with van der Waals surface area (Å²) < 4.78 is 16.5. The van der Waals surface area contributed by atoms with Gasteiger partial charge in [-0.15, -0.1) is 12.4 Å². The van der Waals surface area contributed by atoms with Gasteiger partial charge in [-0.2, -0.15) is 0 Å². The lowest BCUT2D eigenvalue weighted by atomic mass is 9.77. The molecule has 0 radical (unpaired) electrons. The van der Waals surface area contributed by atoms with Gasteiger partial charge in [-0.25, -0.2) is 0 Å². The van der Waals surface area contributed by atoms with Crippen LogP contribution in [0.1, 0.15) is 41.1 Å². The highest BCUT2D eigenvalue weighted by Crippen LogP contribution is 2.50. The van der Waals surface area contributed by atoms with E-state index in [0.29, 0.717) is 11.7 Å². The first-order valence-electron chi connectivity index (χ1n) is 8.96. The van der Waals surface area contributed by atoms with Gasteiger partial charge in [0.25, 0.3) is 0 Å². The van der Waals surface area contributed by atoms with E-state index in [9.17, 15) is 5.11 Å². The zero-order chi connectivity index (χ0) is 18.4. The topological polar surface area (TPSA) is 51.2 Å². The van der Waals surface area contributed by atoms with Crippen LogP contribution in [0, 0.1) is 0 Å². The van der Waals surface area contributed by atoms with Crippen molar-refractivity contribution >= 4 is 12.4 Å². The standard InChI is InChI=1S/C21H25NO4.ClH/c1-12-14-5-6-18(24-2)21(26-4)16(14)11-22-8-7-13-9-17(23)19(25-3)10-15(13)20(12)22;/h5-6,9-10,12,20,23H,7-8,11H2,1-4H3;1H/t12-,20+;/m0./s1. The molecule has 27 heavy (non-hydrogen) atoms. The molecule has 2 aliphatic rings. The predicted molar refractivity (Wildman–Crippen MR) is 107 cm³/mol. The van der Waals surface area contributed by atoms with Gasteiger partial charge in [-0.1, -0.05) is 13.0 Å². The van der Waals surface area contributed by atoms with E-state index >= 15 is 0 Å². The molecule has 5 nitrogen and oxygen atoms in total. The number of benzene rings is 2. The Hall–Kier alpha value is -2.11. The summed E-state index contributed by atoms with van der Waals surface area (Å²) in [6, 6.07) is 8.28. The monoisotopic (exact) mass is 391 g/mol.